The van der Waals surface area contributed by atoms with Crippen LogP contribution in [0.15, 0.2) is 29.6 Å². The number of rotatable bonds is 4. The summed E-state index contributed by atoms with van der Waals surface area (Å²) in [6, 6.07) is 4.77. The van der Waals surface area contributed by atoms with Crippen molar-refractivity contribution >= 4 is 17.2 Å². The SMILES string of the molecule is O=C(NCc1csc(-c2ccc(C(F)(F)F)cc2)n1)C1CCCCN1. The quantitative estimate of drug-likeness (QED) is 0.866. The first-order valence-electron chi connectivity index (χ1n) is 8.06. The number of piperidine rings is 1. The number of amides is 1. The molecule has 2 aromatic rings. The summed E-state index contributed by atoms with van der Waals surface area (Å²) in [6.07, 6.45) is -1.38. The minimum Gasteiger partial charge on any atom is -0.349 e. The Morgan fingerprint density at radius 3 is 2.68 bits per heavy atom. The zero-order valence-corrected chi connectivity index (χ0v) is 14.2. The molecule has 4 nitrogen and oxygen atoms in total. The molecule has 134 valence electrons. The number of halogens is 3. The third-order valence-corrected chi connectivity index (χ3v) is 5.02. The number of carbonyl (C=O) groups is 1. The molecule has 25 heavy (non-hydrogen) atoms. The molecule has 1 atom stereocenters. The molecule has 1 unspecified atom stereocenters. The van der Waals surface area contributed by atoms with Crippen LogP contribution in [0.5, 0.6) is 0 Å². The molecule has 0 aliphatic carbocycles. The van der Waals surface area contributed by atoms with Crippen molar-refractivity contribution in [2.24, 2.45) is 0 Å². The molecule has 3 rings (SSSR count). The van der Waals surface area contributed by atoms with E-state index in [9.17, 15) is 18.0 Å². The van der Waals surface area contributed by atoms with E-state index in [0.29, 0.717) is 22.8 Å². The van der Waals surface area contributed by atoms with Crippen molar-refractivity contribution in [3.05, 3.63) is 40.9 Å². The number of hydrogen-bond donors (Lipinski definition) is 2. The van der Waals surface area contributed by atoms with E-state index in [2.05, 4.69) is 15.6 Å². The van der Waals surface area contributed by atoms with Gasteiger partial charge in [-0.1, -0.05) is 18.6 Å². The number of nitrogens with one attached hydrogen (secondary N) is 2. The fourth-order valence-corrected chi connectivity index (χ4v) is 3.52. The Morgan fingerprint density at radius 2 is 2.04 bits per heavy atom. The summed E-state index contributed by atoms with van der Waals surface area (Å²) in [4.78, 5) is 16.5. The van der Waals surface area contributed by atoms with Crippen molar-refractivity contribution in [3.8, 4) is 10.6 Å². The molecular formula is C17H18F3N3OS. The van der Waals surface area contributed by atoms with Crippen molar-refractivity contribution in [2.45, 2.75) is 38.0 Å². The molecular weight excluding hydrogens is 351 g/mol. The van der Waals surface area contributed by atoms with Crippen LogP contribution in [-0.2, 0) is 17.5 Å². The topological polar surface area (TPSA) is 54.0 Å². The highest BCUT2D eigenvalue weighted by atomic mass is 32.1. The van der Waals surface area contributed by atoms with Crippen LogP contribution < -0.4 is 10.6 Å². The first-order chi connectivity index (χ1) is 11.9. The van der Waals surface area contributed by atoms with Gasteiger partial charge in [-0.25, -0.2) is 4.98 Å². The van der Waals surface area contributed by atoms with Crippen LogP contribution in [0.25, 0.3) is 10.6 Å². The smallest absolute Gasteiger partial charge is 0.349 e. The molecule has 0 spiro atoms. The number of nitrogens with zero attached hydrogens (tertiary/aromatic N) is 1. The van der Waals surface area contributed by atoms with Gasteiger partial charge in [0.1, 0.15) is 5.01 Å². The number of benzene rings is 1. The minimum absolute atomic E-state index is 0.0382. The van der Waals surface area contributed by atoms with E-state index in [0.717, 1.165) is 37.9 Å². The van der Waals surface area contributed by atoms with Gasteiger partial charge in [0.2, 0.25) is 5.91 Å². The van der Waals surface area contributed by atoms with Crippen molar-refractivity contribution in [2.75, 3.05) is 6.54 Å². The molecule has 1 aromatic carbocycles. The Bertz CT molecular complexity index is 721. The van der Waals surface area contributed by atoms with E-state index in [1.807, 2.05) is 5.38 Å². The molecule has 1 saturated heterocycles. The van der Waals surface area contributed by atoms with E-state index in [4.69, 9.17) is 0 Å². The van der Waals surface area contributed by atoms with E-state index in [1.54, 1.807) is 0 Å². The highest BCUT2D eigenvalue weighted by Crippen LogP contribution is 2.31. The summed E-state index contributed by atoms with van der Waals surface area (Å²) in [5.41, 5.74) is 0.647. The predicted octanol–water partition coefficient (Wildman–Crippen LogP) is 3.59. The van der Waals surface area contributed by atoms with Crippen LogP contribution >= 0.6 is 11.3 Å². The molecule has 1 fully saturated rings. The summed E-state index contributed by atoms with van der Waals surface area (Å²) in [7, 11) is 0. The maximum atomic E-state index is 12.6. The van der Waals surface area contributed by atoms with Gasteiger partial charge in [0.05, 0.1) is 23.8 Å². The number of aromatic nitrogens is 1. The zero-order valence-electron chi connectivity index (χ0n) is 13.4. The fraction of sp³-hybridized carbons (Fsp3) is 0.412. The highest BCUT2D eigenvalue weighted by Gasteiger charge is 2.30. The Labute approximate surface area is 147 Å². The number of carbonyl (C=O) groups excluding carboxylic acids is 1. The van der Waals surface area contributed by atoms with E-state index in [1.165, 1.54) is 23.5 Å². The average Bonchev–Trinajstić information content (AvgIpc) is 3.09. The molecule has 2 N–H and O–H groups in total. The van der Waals surface area contributed by atoms with Gasteiger partial charge < -0.3 is 10.6 Å². The van der Waals surface area contributed by atoms with E-state index >= 15 is 0 Å². The van der Waals surface area contributed by atoms with Gasteiger partial charge in [0, 0.05) is 10.9 Å². The van der Waals surface area contributed by atoms with Gasteiger partial charge in [-0.05, 0) is 31.5 Å². The van der Waals surface area contributed by atoms with Crippen LogP contribution in [0.4, 0.5) is 13.2 Å². The third-order valence-electron chi connectivity index (χ3n) is 4.08. The van der Waals surface area contributed by atoms with Crippen LogP contribution in [0.3, 0.4) is 0 Å². The van der Waals surface area contributed by atoms with Gasteiger partial charge in [0.25, 0.3) is 0 Å². The Morgan fingerprint density at radius 1 is 1.28 bits per heavy atom. The van der Waals surface area contributed by atoms with Crippen LogP contribution in [0, 0.1) is 0 Å². The number of hydrogen-bond acceptors (Lipinski definition) is 4. The third kappa shape index (κ3) is 4.58. The molecule has 1 aliphatic rings. The van der Waals surface area contributed by atoms with Gasteiger partial charge in [-0.15, -0.1) is 11.3 Å². The van der Waals surface area contributed by atoms with Gasteiger partial charge in [0.15, 0.2) is 0 Å². The summed E-state index contributed by atoms with van der Waals surface area (Å²) >= 11 is 1.34. The molecule has 1 aromatic heterocycles. The van der Waals surface area contributed by atoms with Crippen LogP contribution in [0.1, 0.15) is 30.5 Å². The number of thiazole rings is 1. The Balaban J connectivity index is 1.59. The summed E-state index contributed by atoms with van der Waals surface area (Å²) in [5, 5.41) is 8.48. The molecule has 8 heteroatoms. The predicted molar refractivity (Wildman–Crippen MR) is 90.0 cm³/mol. The first kappa shape index (κ1) is 17.9. The maximum Gasteiger partial charge on any atom is 0.416 e. The van der Waals surface area contributed by atoms with Gasteiger partial charge in [-0.3, -0.25) is 4.79 Å². The van der Waals surface area contributed by atoms with Crippen molar-refractivity contribution in [1.29, 1.82) is 0 Å². The standard InChI is InChI=1S/C17H18F3N3OS/c18-17(19,20)12-6-4-11(5-7-12)16-23-13(10-25-16)9-22-15(24)14-3-1-2-8-21-14/h4-7,10,14,21H,1-3,8-9H2,(H,22,24). The van der Waals surface area contributed by atoms with Crippen molar-refractivity contribution in [3.63, 3.8) is 0 Å². The molecule has 1 amide bonds. The van der Waals surface area contributed by atoms with Gasteiger partial charge in [-0.2, -0.15) is 13.2 Å². The minimum atomic E-state index is -4.34. The molecule has 1 aliphatic heterocycles. The monoisotopic (exact) mass is 369 g/mol. The first-order valence-corrected chi connectivity index (χ1v) is 8.94. The lowest BCUT2D eigenvalue weighted by molar-refractivity contribution is -0.137. The lowest BCUT2D eigenvalue weighted by atomic mass is 10.0. The highest BCUT2D eigenvalue weighted by molar-refractivity contribution is 7.13. The van der Waals surface area contributed by atoms with E-state index in [-0.39, 0.29) is 11.9 Å². The van der Waals surface area contributed by atoms with Crippen LogP contribution in [0.2, 0.25) is 0 Å². The summed E-state index contributed by atoms with van der Waals surface area (Å²) in [6.45, 7) is 1.17. The normalized spacial score (nSPS) is 18.1. The Hall–Kier alpha value is -1.93. The lowest BCUT2D eigenvalue weighted by Gasteiger charge is -2.22. The lowest BCUT2D eigenvalue weighted by Crippen LogP contribution is -2.46. The molecule has 2 heterocycles. The second-order valence-electron chi connectivity index (χ2n) is 5.94. The van der Waals surface area contributed by atoms with E-state index < -0.39 is 11.7 Å². The largest absolute Gasteiger partial charge is 0.416 e. The van der Waals surface area contributed by atoms with Crippen molar-refractivity contribution < 1.29 is 18.0 Å². The second kappa shape index (κ2) is 7.53. The fourth-order valence-electron chi connectivity index (χ4n) is 2.70. The zero-order chi connectivity index (χ0) is 17.9. The molecule has 0 saturated carbocycles. The summed E-state index contributed by atoms with van der Waals surface area (Å²) in [5.74, 6) is -0.0382. The summed E-state index contributed by atoms with van der Waals surface area (Å²) < 4.78 is 37.8. The molecule has 0 bridgehead atoms. The van der Waals surface area contributed by atoms with Gasteiger partial charge >= 0.3 is 6.18 Å². The number of alkyl halides is 3. The Kier molecular flexibility index (Phi) is 5.39. The second-order valence-corrected chi connectivity index (χ2v) is 6.80. The van der Waals surface area contributed by atoms with Crippen LogP contribution in [-0.4, -0.2) is 23.5 Å². The van der Waals surface area contributed by atoms with Crippen molar-refractivity contribution in [1.82, 2.24) is 15.6 Å². The molecule has 0 radical (unpaired) electrons. The maximum absolute atomic E-state index is 12.6. The average molecular weight is 369 g/mol.